The highest BCUT2D eigenvalue weighted by molar-refractivity contribution is 5.73. The molecule has 1 aromatic rings. The summed E-state index contributed by atoms with van der Waals surface area (Å²) in [7, 11) is 0. The minimum absolute atomic E-state index is 0.757. The lowest BCUT2D eigenvalue weighted by Gasteiger charge is -1.86. The summed E-state index contributed by atoms with van der Waals surface area (Å²) in [5, 5.41) is 5.71. The van der Waals surface area contributed by atoms with Gasteiger partial charge in [0.05, 0.1) is 16.9 Å². The number of nitrogens with one attached hydrogen (secondary N) is 1. The van der Waals surface area contributed by atoms with Gasteiger partial charge in [0.15, 0.2) is 6.20 Å². The molecule has 55 valence electrons. The third-order valence-electron chi connectivity index (χ3n) is 1.41. The highest BCUT2D eigenvalue weighted by atomic mass is 15.5. The average Bonchev–Trinajstić information content (AvgIpc) is 2.55. The van der Waals surface area contributed by atoms with E-state index in [-0.39, 0.29) is 0 Å². The van der Waals surface area contributed by atoms with E-state index in [2.05, 4.69) is 15.1 Å². The molecule has 0 spiro atoms. The Morgan fingerprint density at radius 1 is 1.55 bits per heavy atom. The van der Waals surface area contributed by atoms with Gasteiger partial charge < -0.3 is 0 Å². The molecule has 11 heavy (non-hydrogen) atoms. The van der Waals surface area contributed by atoms with Crippen molar-refractivity contribution in [3.8, 4) is 0 Å². The van der Waals surface area contributed by atoms with Crippen LogP contribution in [0.15, 0.2) is 23.6 Å². The molecule has 0 unspecified atom stereocenters. The number of nitrogens with zero attached hydrogens (tertiary/aromatic N) is 3. The van der Waals surface area contributed by atoms with E-state index >= 15 is 0 Å². The Bertz CT molecular complexity index is 298. The van der Waals surface area contributed by atoms with E-state index in [1.165, 1.54) is 0 Å². The number of rotatable bonds is 1. The lowest BCUT2D eigenvalue weighted by atomic mass is 10.6. The lowest BCUT2D eigenvalue weighted by molar-refractivity contribution is 0.712. The third kappa shape index (κ3) is 1.08. The number of H-pyrrole nitrogens is 1. The molecule has 0 saturated heterocycles. The van der Waals surface area contributed by atoms with Gasteiger partial charge in [0.2, 0.25) is 0 Å². The van der Waals surface area contributed by atoms with Crippen molar-refractivity contribution in [2.75, 3.05) is 0 Å². The quantitative estimate of drug-likeness (QED) is 0.593. The molecule has 2 heterocycles. The van der Waals surface area contributed by atoms with Gasteiger partial charge in [0.1, 0.15) is 0 Å². The van der Waals surface area contributed by atoms with Crippen LogP contribution in [-0.4, -0.2) is 16.2 Å². The van der Waals surface area contributed by atoms with Crippen LogP contribution in [0.2, 0.25) is 0 Å². The van der Waals surface area contributed by atoms with Crippen molar-refractivity contribution in [1.82, 2.24) is 15.0 Å². The second-order valence-corrected chi connectivity index (χ2v) is 2.32. The summed E-state index contributed by atoms with van der Waals surface area (Å²) in [6, 6.07) is 0. The van der Waals surface area contributed by atoms with Gasteiger partial charge in [0.25, 0.3) is 0 Å². The number of aromatic nitrogens is 2. The maximum absolute atomic E-state index is 4.20. The summed E-state index contributed by atoms with van der Waals surface area (Å²) in [4.78, 5) is 7.20. The topological polar surface area (TPSA) is 46.9 Å². The molecule has 1 aromatic heterocycles. The second-order valence-electron chi connectivity index (χ2n) is 2.32. The summed E-state index contributed by atoms with van der Waals surface area (Å²) in [5.41, 5.74) is 0.968. The van der Waals surface area contributed by atoms with Gasteiger partial charge in [-0.15, -0.1) is 0 Å². The van der Waals surface area contributed by atoms with Gasteiger partial charge in [0, 0.05) is 12.3 Å². The predicted molar refractivity (Wildman–Crippen MR) is 42.8 cm³/mol. The van der Waals surface area contributed by atoms with Crippen LogP contribution in [0.25, 0.3) is 0 Å². The summed E-state index contributed by atoms with van der Waals surface area (Å²) in [6.07, 6.45) is 7.27. The molecule has 0 bridgehead atoms. The highest BCUT2D eigenvalue weighted by Crippen LogP contribution is 2.10. The summed E-state index contributed by atoms with van der Waals surface area (Å²) in [6.45, 7) is 1.93. The molecule has 0 fully saturated rings. The molecule has 1 radical (unpaired) electrons. The zero-order chi connectivity index (χ0) is 7.68. The molecular formula is C7H8N4+. The predicted octanol–water partition coefficient (Wildman–Crippen LogP) is 1.00. The van der Waals surface area contributed by atoms with Crippen LogP contribution in [0, 0.1) is 6.92 Å². The van der Waals surface area contributed by atoms with Crippen molar-refractivity contribution in [2.24, 2.45) is 5.10 Å². The molecule has 0 saturated carbocycles. The van der Waals surface area contributed by atoms with Crippen LogP contribution < -0.4 is 5.01 Å². The van der Waals surface area contributed by atoms with E-state index < -0.39 is 0 Å². The Kier molecular flexibility index (Phi) is 1.33. The van der Waals surface area contributed by atoms with Crippen molar-refractivity contribution < 1.29 is 0 Å². The summed E-state index contributed by atoms with van der Waals surface area (Å²) in [5.74, 6) is 0.757. The van der Waals surface area contributed by atoms with E-state index in [0.717, 1.165) is 11.6 Å². The van der Waals surface area contributed by atoms with Crippen LogP contribution >= 0.6 is 0 Å². The number of anilines is 1. The van der Waals surface area contributed by atoms with Crippen molar-refractivity contribution >= 4 is 12.2 Å². The molecule has 1 N–H and O–H groups in total. The van der Waals surface area contributed by atoms with Crippen molar-refractivity contribution in [3.63, 3.8) is 0 Å². The maximum atomic E-state index is 4.20. The minimum Gasteiger partial charge on any atom is -0.292 e. The average molecular weight is 148 g/mol. The number of allylic oxidation sites excluding steroid dienone is 1. The molecule has 2 rings (SSSR count). The van der Waals surface area contributed by atoms with E-state index in [9.17, 15) is 0 Å². The first kappa shape index (κ1) is 6.30. The fourth-order valence-electron chi connectivity index (χ4n) is 0.912. The lowest BCUT2D eigenvalue weighted by Crippen LogP contribution is -2.06. The highest BCUT2D eigenvalue weighted by Gasteiger charge is 2.21. The molecule has 4 heteroatoms. The molecular weight excluding hydrogens is 140 g/mol. The van der Waals surface area contributed by atoms with Crippen molar-refractivity contribution in [3.05, 3.63) is 24.2 Å². The largest absolute Gasteiger partial charge is 0.392 e. The van der Waals surface area contributed by atoms with Crippen molar-refractivity contribution in [1.29, 1.82) is 0 Å². The van der Waals surface area contributed by atoms with Crippen molar-refractivity contribution in [2.45, 2.75) is 6.92 Å². The third-order valence-corrected chi connectivity index (χ3v) is 1.41. The van der Waals surface area contributed by atoms with E-state index in [1.54, 1.807) is 11.2 Å². The van der Waals surface area contributed by atoms with Gasteiger partial charge in [-0.2, -0.15) is 4.98 Å². The second kappa shape index (κ2) is 2.32. The summed E-state index contributed by atoms with van der Waals surface area (Å²) >= 11 is 0. The molecule has 0 aromatic carbocycles. The first-order valence-corrected chi connectivity index (χ1v) is 3.38. The van der Waals surface area contributed by atoms with Gasteiger partial charge in [-0.25, -0.2) is 0 Å². The van der Waals surface area contributed by atoms with Gasteiger partial charge in [-0.05, 0) is 12.0 Å². The summed E-state index contributed by atoms with van der Waals surface area (Å²) < 4.78 is 0. The molecule has 4 nitrogen and oxygen atoms in total. The Morgan fingerprint density at radius 3 is 3.00 bits per heavy atom. The number of aryl methyl sites for hydroxylation is 1. The van der Waals surface area contributed by atoms with Gasteiger partial charge in [-0.1, -0.05) is 0 Å². The smallest absolute Gasteiger partial charge is 0.292 e. The monoisotopic (exact) mass is 148 g/mol. The van der Waals surface area contributed by atoms with Crippen LogP contribution in [0.5, 0.6) is 0 Å². The normalized spacial score (nSPS) is 16.5. The van der Waals surface area contributed by atoms with E-state index in [0.29, 0.717) is 0 Å². The Balaban J connectivity index is 2.29. The minimum atomic E-state index is 0.757. The maximum Gasteiger partial charge on any atom is 0.392 e. The van der Waals surface area contributed by atoms with Gasteiger partial charge in [-0.3, -0.25) is 4.98 Å². The van der Waals surface area contributed by atoms with E-state index in [4.69, 9.17) is 0 Å². The van der Waals surface area contributed by atoms with Crippen LogP contribution in [0.3, 0.4) is 0 Å². The van der Waals surface area contributed by atoms with Crippen LogP contribution in [0.4, 0.5) is 5.95 Å². The number of hydrazone groups is 1. The van der Waals surface area contributed by atoms with Crippen LogP contribution in [0.1, 0.15) is 5.69 Å². The number of hydrogen-bond donors (Lipinski definition) is 1. The molecule has 0 atom stereocenters. The molecule has 0 amide bonds. The van der Waals surface area contributed by atoms with Gasteiger partial charge >= 0.3 is 5.95 Å². The Morgan fingerprint density at radius 2 is 2.45 bits per heavy atom. The van der Waals surface area contributed by atoms with Crippen LogP contribution in [-0.2, 0) is 0 Å². The van der Waals surface area contributed by atoms with E-state index in [1.807, 2.05) is 25.4 Å². The fraction of sp³-hybridized carbons (Fsp3) is 0.143. The molecule has 0 aliphatic carbocycles. The molecule has 1 aliphatic rings. The first-order chi connectivity index (χ1) is 5.36. The SMILES string of the molecule is Cc1c[nH]c([N+]2C=CC=N2)n1. The zero-order valence-electron chi connectivity index (χ0n) is 6.15. The molecule has 1 aliphatic heterocycles. The zero-order valence-corrected chi connectivity index (χ0v) is 6.15. The standard InChI is InChI=1S/C7H8N4/c1-6-5-8-7(10-6)11-4-2-3-9-11/h2-5H,1H3,(H,8,10)/q+1. The number of hydrogen-bond acceptors (Lipinski definition) is 3. The fourth-order valence-corrected chi connectivity index (χ4v) is 0.912. The Labute approximate surface area is 64.2 Å². The number of aromatic amines is 1. The number of imidazole rings is 1. The Hall–Kier alpha value is -1.42. The first-order valence-electron chi connectivity index (χ1n) is 3.38.